The smallest absolute Gasteiger partial charge is 0.141 e. The second-order valence-electron chi connectivity index (χ2n) is 23.9. The molecule has 0 heterocycles. The summed E-state index contributed by atoms with van der Waals surface area (Å²) < 4.78 is 0. The summed E-state index contributed by atoms with van der Waals surface area (Å²) in [4.78, 5) is 13.9. The maximum Gasteiger partial charge on any atom is 0.141 e. The van der Waals surface area contributed by atoms with E-state index in [0.29, 0.717) is 0 Å². The van der Waals surface area contributed by atoms with Crippen LogP contribution in [-0.4, -0.2) is 5.78 Å². The van der Waals surface area contributed by atoms with Crippen LogP contribution < -0.4 is 0 Å². The molecule has 0 bridgehead atoms. The van der Waals surface area contributed by atoms with Crippen LogP contribution in [0.25, 0.3) is 77.2 Å². The second kappa shape index (κ2) is 14.4. The molecule has 0 saturated carbocycles. The van der Waals surface area contributed by atoms with E-state index < -0.39 is 0 Å². The van der Waals surface area contributed by atoms with E-state index in [1.807, 2.05) is 0 Å². The Morgan fingerprint density at radius 1 is 0.361 bits per heavy atom. The molecule has 14 rings (SSSR count). The number of Topliss-reactive ketones (excluding diaryl/α,β-unsaturated/α-hetero) is 1. The fourth-order valence-electron chi connectivity index (χ4n) is 15.3. The Labute approximate surface area is 425 Å². The van der Waals surface area contributed by atoms with Crippen molar-refractivity contribution in [2.24, 2.45) is 11.8 Å². The third-order valence-corrected chi connectivity index (χ3v) is 18.6. The van der Waals surface area contributed by atoms with E-state index in [1.54, 1.807) is 6.92 Å². The summed E-state index contributed by atoms with van der Waals surface area (Å²) >= 11 is 0. The van der Waals surface area contributed by atoms with Gasteiger partial charge in [0.25, 0.3) is 0 Å². The Morgan fingerprint density at radius 2 is 0.722 bits per heavy atom. The van der Waals surface area contributed by atoms with Gasteiger partial charge < -0.3 is 0 Å². The Bertz CT molecular complexity index is 4010. The molecule has 8 aromatic rings. The summed E-state index contributed by atoms with van der Waals surface area (Å²) in [6.45, 7) is 23.4. The van der Waals surface area contributed by atoms with Crippen molar-refractivity contribution in [1.29, 1.82) is 0 Å². The topological polar surface area (TPSA) is 17.1 Å². The first kappa shape index (κ1) is 43.4. The minimum absolute atomic E-state index is 0.0969. The van der Waals surface area contributed by atoms with Gasteiger partial charge in [0, 0.05) is 27.6 Å². The zero-order chi connectivity index (χ0) is 49.5. The molecule has 0 amide bonds. The van der Waals surface area contributed by atoms with Gasteiger partial charge in [-0.15, -0.1) is 0 Å². The van der Waals surface area contributed by atoms with E-state index in [4.69, 9.17) is 0 Å². The Kier molecular flexibility index (Phi) is 8.70. The van der Waals surface area contributed by atoms with Gasteiger partial charge >= 0.3 is 0 Å². The Hall–Kier alpha value is -7.35. The van der Waals surface area contributed by atoms with Gasteiger partial charge in [-0.05, 0) is 151 Å². The lowest BCUT2D eigenvalue weighted by molar-refractivity contribution is -0.118. The number of benzene rings is 8. The minimum Gasteiger partial charge on any atom is -0.299 e. The predicted molar refractivity (Wildman–Crippen MR) is 303 cm³/mol. The molecule has 2 atom stereocenters. The highest BCUT2D eigenvalue weighted by molar-refractivity contribution is 6.11. The third kappa shape index (κ3) is 5.47. The van der Waals surface area contributed by atoms with E-state index >= 15 is 0 Å². The van der Waals surface area contributed by atoms with Crippen molar-refractivity contribution in [2.45, 2.75) is 90.9 Å². The van der Waals surface area contributed by atoms with Gasteiger partial charge in [0.15, 0.2) is 0 Å². The molecule has 0 fully saturated rings. The summed E-state index contributed by atoms with van der Waals surface area (Å²) in [7, 11) is 0. The van der Waals surface area contributed by atoms with Crippen LogP contribution in [0, 0.1) is 11.8 Å². The molecule has 8 aromatic carbocycles. The van der Waals surface area contributed by atoms with Crippen LogP contribution >= 0.6 is 0 Å². The van der Waals surface area contributed by atoms with Crippen molar-refractivity contribution in [2.75, 3.05) is 0 Å². The van der Waals surface area contributed by atoms with Gasteiger partial charge in [0.1, 0.15) is 5.78 Å². The quantitative estimate of drug-likeness (QED) is 0.173. The Balaban J connectivity index is 0.827. The van der Waals surface area contributed by atoms with Gasteiger partial charge in [0.2, 0.25) is 0 Å². The summed E-state index contributed by atoms with van der Waals surface area (Å²) in [5, 5.41) is 5.22. The van der Waals surface area contributed by atoms with Crippen LogP contribution in [0.4, 0.5) is 0 Å². The fraction of sp³-hybridized carbons (Fsp3) is 0.225. The van der Waals surface area contributed by atoms with Crippen LogP contribution in [0.1, 0.15) is 125 Å². The standard InChI is InChI=1S/C71H60O/c1-39-37-41(44-29-31-51-55-35-33-53-47-17-11-13-21-58(47)68(3,4)64(53)66(55)70(7,8)60-23-15-19-49(44)62(51)60)25-27-43(39)46-28-26-42(38-57(46)40(2)72)45-30-32-52-56-36-34-54-48-18-12-14-22-59(48)69(5,6)65(54)67(56)71(9,10)61-24-16-20-50(45)63(52)61/h11-39,57H,1-10H3/b46-43-. The molecule has 0 saturated heterocycles. The van der Waals surface area contributed by atoms with Gasteiger partial charge in [-0.3, -0.25) is 4.79 Å². The average Bonchev–Trinajstić information content (AvgIpc) is 3.75. The summed E-state index contributed by atoms with van der Waals surface area (Å²) in [5.74, 6) is -0.0779. The largest absolute Gasteiger partial charge is 0.299 e. The number of hydrogen-bond acceptors (Lipinski definition) is 1. The summed E-state index contributed by atoms with van der Waals surface area (Å²) in [5.41, 5.74) is 28.6. The maximum atomic E-state index is 13.9. The summed E-state index contributed by atoms with van der Waals surface area (Å²) in [6.07, 6.45) is 13.8. The normalized spacial score (nSPS) is 21.3. The van der Waals surface area contributed by atoms with Crippen molar-refractivity contribution in [1.82, 2.24) is 0 Å². The lowest BCUT2D eigenvalue weighted by Crippen LogP contribution is -2.29. The number of carbonyl (C=O) groups excluding carboxylic acids is 1. The van der Waals surface area contributed by atoms with Crippen molar-refractivity contribution in [3.8, 4) is 44.5 Å². The molecular weight excluding hydrogens is 869 g/mol. The highest BCUT2D eigenvalue weighted by Crippen LogP contribution is 2.61. The third-order valence-electron chi connectivity index (χ3n) is 18.6. The zero-order valence-electron chi connectivity index (χ0n) is 43.2. The van der Waals surface area contributed by atoms with E-state index in [0.717, 1.165) is 11.1 Å². The van der Waals surface area contributed by atoms with Crippen LogP contribution in [-0.2, 0) is 26.5 Å². The number of fused-ring (bicyclic) bond motifs is 12. The molecule has 2 unspecified atom stereocenters. The van der Waals surface area contributed by atoms with E-state index in [2.05, 4.69) is 232 Å². The minimum atomic E-state index is -0.349. The van der Waals surface area contributed by atoms with Crippen molar-refractivity contribution in [3.63, 3.8) is 0 Å². The molecule has 0 aromatic heterocycles. The highest BCUT2D eigenvalue weighted by atomic mass is 16.1. The van der Waals surface area contributed by atoms with Gasteiger partial charge in [0.05, 0.1) is 5.92 Å². The highest BCUT2D eigenvalue weighted by Gasteiger charge is 2.46. The molecule has 6 aliphatic carbocycles. The number of allylic oxidation sites excluding steroid dienone is 10. The van der Waals surface area contributed by atoms with Crippen molar-refractivity contribution in [3.05, 3.63) is 237 Å². The molecule has 6 aliphatic rings. The first-order valence-electron chi connectivity index (χ1n) is 26.2. The van der Waals surface area contributed by atoms with E-state index in [9.17, 15) is 4.79 Å². The Morgan fingerprint density at radius 3 is 1.17 bits per heavy atom. The zero-order valence-corrected chi connectivity index (χ0v) is 43.2. The van der Waals surface area contributed by atoms with Crippen LogP contribution in [0.5, 0.6) is 0 Å². The molecule has 0 spiro atoms. The lowest BCUT2D eigenvalue weighted by Gasteiger charge is -2.40. The first-order valence-corrected chi connectivity index (χ1v) is 26.2. The van der Waals surface area contributed by atoms with E-state index in [1.165, 1.54) is 133 Å². The monoisotopic (exact) mass is 928 g/mol. The number of hydrogen-bond donors (Lipinski definition) is 0. The first-order chi connectivity index (χ1) is 34.5. The molecule has 350 valence electrons. The van der Waals surface area contributed by atoms with Gasteiger partial charge in [-0.1, -0.05) is 232 Å². The molecule has 0 radical (unpaired) electrons. The van der Waals surface area contributed by atoms with Crippen LogP contribution in [0.3, 0.4) is 0 Å². The lowest BCUT2D eigenvalue weighted by atomic mass is 9.63. The molecule has 72 heavy (non-hydrogen) atoms. The van der Waals surface area contributed by atoms with Gasteiger partial charge in [-0.2, -0.15) is 0 Å². The SMILES string of the molecule is CC(=O)C1C=C(c2ccc3c4c(cccc24)C(C)(C)c2c-3ccc3c2C(C)(C)c2ccccc2-3)C=C/C1=C1\C=CC(c2ccc3c4c(cccc24)C(C)(C)c2c-3ccc3c2C(C)(C)c2ccccc2-3)=CC1C. The predicted octanol–water partition coefficient (Wildman–Crippen LogP) is 18.0. The van der Waals surface area contributed by atoms with E-state index in [-0.39, 0.29) is 39.3 Å². The average molecular weight is 929 g/mol. The van der Waals surface area contributed by atoms with Gasteiger partial charge in [-0.25, -0.2) is 0 Å². The number of carbonyl (C=O) groups is 1. The second-order valence-corrected chi connectivity index (χ2v) is 23.9. The van der Waals surface area contributed by atoms with Crippen LogP contribution in [0.15, 0.2) is 181 Å². The van der Waals surface area contributed by atoms with Crippen LogP contribution in [0.2, 0.25) is 0 Å². The molecule has 1 heteroatoms. The number of ketones is 1. The summed E-state index contributed by atoms with van der Waals surface area (Å²) in [6, 6.07) is 50.8. The van der Waals surface area contributed by atoms with Crippen molar-refractivity contribution >= 4 is 38.5 Å². The maximum absolute atomic E-state index is 13.9. The molecular formula is C71H60O. The fourth-order valence-corrected chi connectivity index (χ4v) is 15.3. The molecule has 0 N–H and O–H groups in total. The molecule has 0 aliphatic heterocycles. The number of rotatable bonds is 3. The van der Waals surface area contributed by atoms with Crippen molar-refractivity contribution < 1.29 is 4.79 Å². The molecule has 1 nitrogen and oxygen atoms in total.